The van der Waals surface area contributed by atoms with Gasteiger partial charge in [0.1, 0.15) is 5.75 Å². The maximum atomic E-state index is 13.0. The highest BCUT2D eigenvalue weighted by Crippen LogP contribution is 2.37. The van der Waals surface area contributed by atoms with E-state index in [1.807, 2.05) is 57.2 Å². The summed E-state index contributed by atoms with van der Waals surface area (Å²) in [6, 6.07) is 18.8. The van der Waals surface area contributed by atoms with Crippen molar-refractivity contribution in [1.82, 2.24) is 0 Å². The highest BCUT2D eigenvalue weighted by molar-refractivity contribution is 7.99. The smallest absolute Gasteiger partial charge is 0.259 e. The number of phenolic OH excluding ortho intramolecular Hbond substituents is 1. The molecule has 158 valence electrons. The van der Waals surface area contributed by atoms with Crippen molar-refractivity contribution in [1.29, 1.82) is 5.26 Å². The van der Waals surface area contributed by atoms with Crippen molar-refractivity contribution < 1.29 is 9.90 Å². The van der Waals surface area contributed by atoms with Crippen LogP contribution in [0.15, 0.2) is 64.4 Å². The van der Waals surface area contributed by atoms with Gasteiger partial charge in [0.25, 0.3) is 5.91 Å². The number of phenols is 1. The number of anilines is 1. The van der Waals surface area contributed by atoms with Crippen LogP contribution < -0.4 is 5.32 Å². The normalized spacial score (nSPS) is 11.1. The molecule has 1 amide bonds. The molecule has 4 nitrogen and oxygen atoms in total. The van der Waals surface area contributed by atoms with Crippen molar-refractivity contribution in [2.24, 2.45) is 0 Å². The summed E-state index contributed by atoms with van der Waals surface area (Å²) in [6.45, 7) is 7.46. The number of benzene rings is 3. The zero-order chi connectivity index (χ0) is 22.8. The number of nitrogens with zero attached hydrogens (tertiary/aromatic N) is 1. The molecule has 2 N–H and O–H groups in total. The van der Waals surface area contributed by atoms with E-state index < -0.39 is 11.3 Å². The Labute approximate surface area is 191 Å². The molecule has 0 atom stereocenters. The van der Waals surface area contributed by atoms with Gasteiger partial charge in [-0.15, -0.1) is 0 Å². The van der Waals surface area contributed by atoms with E-state index in [-0.39, 0.29) is 11.3 Å². The van der Waals surface area contributed by atoms with Gasteiger partial charge in [-0.1, -0.05) is 44.1 Å². The molecule has 0 bridgehead atoms. The molecule has 0 saturated heterocycles. The predicted octanol–water partition coefficient (Wildman–Crippen LogP) is 6.93. The molecule has 0 aromatic heterocycles. The Balaban J connectivity index is 1.84. The molecule has 6 heteroatoms. The summed E-state index contributed by atoms with van der Waals surface area (Å²) in [5.41, 5.74) is 1.71. The Bertz CT molecular complexity index is 1160. The fourth-order valence-corrected chi connectivity index (χ4v) is 4.11. The van der Waals surface area contributed by atoms with Crippen molar-refractivity contribution in [3.8, 4) is 11.8 Å². The summed E-state index contributed by atoms with van der Waals surface area (Å²) in [4.78, 5) is 15.1. The fraction of sp³-hybridized carbons (Fsp3) is 0.200. The minimum atomic E-state index is -0.448. The summed E-state index contributed by atoms with van der Waals surface area (Å²) in [6.07, 6.45) is 0. The van der Waals surface area contributed by atoms with Crippen LogP contribution in [0.5, 0.6) is 5.75 Å². The highest BCUT2D eigenvalue weighted by Gasteiger charge is 2.26. The van der Waals surface area contributed by atoms with Crippen LogP contribution in [0.4, 0.5) is 5.69 Å². The minimum absolute atomic E-state index is 0.0867. The highest BCUT2D eigenvalue weighted by atomic mass is 35.5. The molecule has 0 saturated carbocycles. The average Bonchev–Trinajstić information content (AvgIpc) is 2.70. The number of carbonyl (C=O) groups excluding carboxylic acids is 1. The lowest BCUT2D eigenvalue weighted by Crippen LogP contribution is -2.19. The maximum Gasteiger partial charge on any atom is 0.259 e. The zero-order valence-corrected chi connectivity index (χ0v) is 19.4. The van der Waals surface area contributed by atoms with Crippen LogP contribution in [0, 0.1) is 18.3 Å². The first kappa shape index (κ1) is 22.7. The zero-order valence-electron chi connectivity index (χ0n) is 17.8. The predicted molar refractivity (Wildman–Crippen MR) is 126 cm³/mol. The summed E-state index contributed by atoms with van der Waals surface area (Å²) in [5.74, 6) is -0.535. The lowest BCUT2D eigenvalue weighted by Gasteiger charge is -2.23. The topological polar surface area (TPSA) is 73.1 Å². The molecule has 3 aromatic carbocycles. The number of hydrogen-bond acceptors (Lipinski definition) is 4. The number of rotatable bonds is 4. The van der Waals surface area contributed by atoms with E-state index in [9.17, 15) is 15.2 Å². The molecule has 0 aliphatic rings. The monoisotopic (exact) mass is 450 g/mol. The van der Waals surface area contributed by atoms with Gasteiger partial charge in [-0.05, 0) is 72.5 Å². The molecule has 0 radical (unpaired) electrons. The first-order valence-electron chi connectivity index (χ1n) is 9.72. The van der Waals surface area contributed by atoms with Crippen LogP contribution >= 0.6 is 23.4 Å². The van der Waals surface area contributed by atoms with E-state index in [1.165, 1.54) is 0 Å². The second-order valence-corrected chi connectivity index (χ2v) is 9.80. The van der Waals surface area contributed by atoms with Gasteiger partial charge in [0.05, 0.1) is 17.2 Å². The van der Waals surface area contributed by atoms with Gasteiger partial charge in [-0.2, -0.15) is 5.26 Å². The van der Waals surface area contributed by atoms with E-state index in [2.05, 4.69) is 11.4 Å². The third-order valence-electron chi connectivity index (χ3n) is 4.88. The molecule has 0 heterocycles. The SMILES string of the molecule is Cc1c(C#N)cc(C(C)(C)C)c(O)c1C(=O)Nc1ccc(Sc2ccc(Cl)cc2)cc1. The number of aromatic hydroxyl groups is 1. The lowest BCUT2D eigenvalue weighted by atomic mass is 9.82. The quantitative estimate of drug-likeness (QED) is 0.452. The molecule has 0 aliphatic heterocycles. The average molecular weight is 451 g/mol. The third kappa shape index (κ3) is 5.22. The van der Waals surface area contributed by atoms with E-state index in [4.69, 9.17) is 11.6 Å². The lowest BCUT2D eigenvalue weighted by molar-refractivity contribution is 0.102. The Hall–Kier alpha value is -2.94. The molecule has 3 rings (SSSR count). The third-order valence-corrected chi connectivity index (χ3v) is 6.14. The second-order valence-electron chi connectivity index (χ2n) is 8.22. The van der Waals surface area contributed by atoms with E-state index in [1.54, 1.807) is 36.9 Å². The molecule has 3 aromatic rings. The van der Waals surface area contributed by atoms with Crippen molar-refractivity contribution >= 4 is 35.0 Å². The second kappa shape index (κ2) is 9.05. The molecule has 31 heavy (non-hydrogen) atoms. The Morgan fingerprint density at radius 1 is 1.06 bits per heavy atom. The van der Waals surface area contributed by atoms with Gasteiger partial charge < -0.3 is 10.4 Å². The van der Waals surface area contributed by atoms with E-state index in [0.717, 1.165) is 9.79 Å². The first-order chi connectivity index (χ1) is 14.6. The van der Waals surface area contributed by atoms with Crippen LogP contribution in [0.1, 0.15) is 47.8 Å². The van der Waals surface area contributed by atoms with Gasteiger partial charge in [-0.3, -0.25) is 4.79 Å². The molecular formula is C25H23ClN2O2S. The number of carbonyl (C=O) groups is 1. The molecule has 0 unspecified atom stereocenters. The number of halogens is 1. The van der Waals surface area contributed by atoms with E-state index >= 15 is 0 Å². The minimum Gasteiger partial charge on any atom is -0.507 e. The fourth-order valence-electron chi connectivity index (χ4n) is 3.17. The van der Waals surface area contributed by atoms with Crippen LogP contribution in [-0.4, -0.2) is 11.0 Å². The maximum absolute atomic E-state index is 13.0. The van der Waals surface area contributed by atoms with Crippen molar-refractivity contribution in [3.63, 3.8) is 0 Å². The standard InChI is InChI=1S/C25H23ClN2O2S/c1-15-16(14-27)13-21(25(2,3)4)23(29)22(15)24(30)28-18-7-11-20(12-8-18)31-19-9-5-17(26)6-10-19/h5-13,29H,1-4H3,(H,28,30). The van der Waals surface area contributed by atoms with Crippen LogP contribution in [-0.2, 0) is 5.41 Å². The van der Waals surface area contributed by atoms with Gasteiger partial charge in [0, 0.05) is 26.1 Å². The summed E-state index contributed by atoms with van der Waals surface area (Å²) >= 11 is 7.51. The van der Waals surface area contributed by atoms with Crippen LogP contribution in [0.2, 0.25) is 5.02 Å². The number of nitrogens with one attached hydrogen (secondary N) is 1. The van der Waals surface area contributed by atoms with Crippen LogP contribution in [0.3, 0.4) is 0 Å². The largest absolute Gasteiger partial charge is 0.507 e. The van der Waals surface area contributed by atoms with Gasteiger partial charge in [-0.25, -0.2) is 0 Å². The molecule has 0 spiro atoms. The summed E-state index contributed by atoms with van der Waals surface area (Å²) < 4.78 is 0. The number of amides is 1. The summed E-state index contributed by atoms with van der Waals surface area (Å²) in [7, 11) is 0. The van der Waals surface area contributed by atoms with E-state index in [0.29, 0.717) is 27.4 Å². The number of hydrogen-bond donors (Lipinski definition) is 2. The Kier molecular flexibility index (Phi) is 6.64. The number of nitriles is 1. The van der Waals surface area contributed by atoms with Crippen molar-refractivity contribution in [3.05, 3.63) is 81.9 Å². The Morgan fingerprint density at radius 2 is 1.61 bits per heavy atom. The van der Waals surface area contributed by atoms with Crippen LogP contribution in [0.25, 0.3) is 0 Å². The first-order valence-corrected chi connectivity index (χ1v) is 10.9. The molecular weight excluding hydrogens is 428 g/mol. The molecule has 0 aliphatic carbocycles. The van der Waals surface area contributed by atoms with Gasteiger partial charge in [0.15, 0.2) is 0 Å². The van der Waals surface area contributed by atoms with Crippen molar-refractivity contribution in [2.75, 3.05) is 5.32 Å². The molecule has 0 fully saturated rings. The van der Waals surface area contributed by atoms with Gasteiger partial charge >= 0.3 is 0 Å². The van der Waals surface area contributed by atoms with Gasteiger partial charge in [0.2, 0.25) is 0 Å². The van der Waals surface area contributed by atoms with Crippen molar-refractivity contribution in [2.45, 2.75) is 42.9 Å². The Morgan fingerprint density at radius 3 is 2.13 bits per heavy atom. The summed E-state index contributed by atoms with van der Waals surface area (Å²) in [5, 5.41) is 23.8.